The summed E-state index contributed by atoms with van der Waals surface area (Å²) in [5.74, 6) is 0.734. The van der Waals surface area contributed by atoms with Crippen LogP contribution in [0, 0.1) is 0 Å². The van der Waals surface area contributed by atoms with Crippen LogP contribution in [0.4, 0.5) is 8.78 Å². The second-order valence-corrected chi connectivity index (χ2v) is 5.04. The van der Waals surface area contributed by atoms with Crippen molar-refractivity contribution in [3.63, 3.8) is 0 Å². The standard InChI is InChI=1S/C10H8F2N2OS2/c11-9(12)15-8-4-2-1-3-7(8)5-16-10-14-13-6-17-10/h1-4,6,9H,5H2. The zero-order valence-electron chi connectivity index (χ0n) is 8.55. The maximum atomic E-state index is 12.2. The second kappa shape index (κ2) is 5.92. The fourth-order valence-corrected chi connectivity index (χ4v) is 2.68. The van der Waals surface area contributed by atoms with Gasteiger partial charge in [-0.25, -0.2) is 0 Å². The Kier molecular flexibility index (Phi) is 4.27. The normalized spacial score (nSPS) is 10.8. The van der Waals surface area contributed by atoms with Gasteiger partial charge in [0.1, 0.15) is 11.3 Å². The van der Waals surface area contributed by atoms with Crippen LogP contribution >= 0.6 is 23.1 Å². The van der Waals surface area contributed by atoms with E-state index in [0.29, 0.717) is 11.3 Å². The number of hydrogen-bond donors (Lipinski definition) is 0. The first-order valence-electron chi connectivity index (χ1n) is 4.67. The summed E-state index contributed by atoms with van der Waals surface area (Å²) in [6, 6.07) is 6.74. The summed E-state index contributed by atoms with van der Waals surface area (Å²) >= 11 is 2.86. The summed E-state index contributed by atoms with van der Waals surface area (Å²) in [7, 11) is 0. The molecule has 2 aromatic rings. The number of rotatable bonds is 5. The van der Waals surface area contributed by atoms with Gasteiger partial charge in [-0.2, -0.15) is 8.78 Å². The maximum absolute atomic E-state index is 12.2. The minimum absolute atomic E-state index is 0.208. The molecule has 0 spiro atoms. The monoisotopic (exact) mass is 274 g/mol. The molecule has 0 N–H and O–H groups in total. The third-order valence-corrected chi connectivity index (χ3v) is 3.79. The lowest BCUT2D eigenvalue weighted by Crippen LogP contribution is -2.03. The molecule has 0 atom stereocenters. The lowest BCUT2D eigenvalue weighted by atomic mass is 10.2. The summed E-state index contributed by atoms with van der Waals surface area (Å²) in [6.45, 7) is -2.80. The molecular formula is C10H8F2N2OS2. The highest BCUT2D eigenvalue weighted by molar-refractivity contribution is 8.00. The molecule has 7 heteroatoms. The molecule has 1 aromatic carbocycles. The molecule has 0 saturated heterocycles. The van der Waals surface area contributed by atoms with Crippen molar-refractivity contribution in [2.24, 2.45) is 0 Å². The summed E-state index contributed by atoms with van der Waals surface area (Å²) in [6.07, 6.45) is 0. The van der Waals surface area contributed by atoms with Crippen LogP contribution in [0.25, 0.3) is 0 Å². The Morgan fingerprint density at radius 3 is 2.88 bits per heavy atom. The first-order valence-corrected chi connectivity index (χ1v) is 6.54. The molecule has 1 aromatic heterocycles. The summed E-state index contributed by atoms with van der Waals surface area (Å²) in [5, 5.41) is 7.57. The Morgan fingerprint density at radius 1 is 1.35 bits per heavy atom. The topological polar surface area (TPSA) is 35.0 Å². The number of benzene rings is 1. The average Bonchev–Trinajstić information content (AvgIpc) is 2.80. The second-order valence-electron chi connectivity index (χ2n) is 2.98. The van der Waals surface area contributed by atoms with Gasteiger partial charge in [0.15, 0.2) is 4.34 Å². The quantitative estimate of drug-likeness (QED) is 0.782. The van der Waals surface area contributed by atoms with E-state index >= 15 is 0 Å². The van der Waals surface area contributed by atoms with Crippen LogP contribution in [0.1, 0.15) is 5.56 Å². The van der Waals surface area contributed by atoms with E-state index in [0.717, 1.165) is 4.34 Å². The molecule has 2 rings (SSSR count). The van der Waals surface area contributed by atoms with Crippen molar-refractivity contribution in [2.75, 3.05) is 0 Å². The van der Waals surface area contributed by atoms with Gasteiger partial charge >= 0.3 is 6.61 Å². The number of nitrogens with zero attached hydrogens (tertiary/aromatic N) is 2. The number of hydrogen-bond acceptors (Lipinski definition) is 5. The number of para-hydroxylation sites is 1. The molecule has 0 fully saturated rings. The molecule has 0 radical (unpaired) electrons. The molecule has 0 aliphatic carbocycles. The van der Waals surface area contributed by atoms with Gasteiger partial charge in [0, 0.05) is 11.3 Å². The number of halogens is 2. The zero-order valence-corrected chi connectivity index (χ0v) is 10.2. The van der Waals surface area contributed by atoms with E-state index < -0.39 is 6.61 Å². The molecule has 0 bridgehead atoms. The molecule has 17 heavy (non-hydrogen) atoms. The zero-order chi connectivity index (χ0) is 12.1. The predicted octanol–water partition coefficient (Wildman–Crippen LogP) is 3.43. The Bertz CT molecular complexity index is 465. The molecule has 3 nitrogen and oxygen atoms in total. The van der Waals surface area contributed by atoms with Crippen molar-refractivity contribution in [2.45, 2.75) is 16.7 Å². The van der Waals surface area contributed by atoms with E-state index in [1.54, 1.807) is 23.7 Å². The van der Waals surface area contributed by atoms with Crippen LogP contribution in [-0.4, -0.2) is 16.8 Å². The van der Waals surface area contributed by atoms with E-state index in [1.165, 1.54) is 29.2 Å². The lowest BCUT2D eigenvalue weighted by Gasteiger charge is -2.09. The van der Waals surface area contributed by atoms with Gasteiger partial charge in [0.2, 0.25) is 0 Å². The smallest absolute Gasteiger partial charge is 0.387 e. The van der Waals surface area contributed by atoms with Crippen LogP contribution in [0.3, 0.4) is 0 Å². The summed E-state index contributed by atoms with van der Waals surface area (Å²) < 4.78 is 29.6. The van der Waals surface area contributed by atoms with Gasteiger partial charge < -0.3 is 4.74 Å². The van der Waals surface area contributed by atoms with E-state index in [2.05, 4.69) is 14.9 Å². The first-order chi connectivity index (χ1) is 8.25. The third kappa shape index (κ3) is 3.64. The highest BCUT2D eigenvalue weighted by Crippen LogP contribution is 2.29. The Labute approximate surface area is 105 Å². The molecule has 0 amide bonds. The van der Waals surface area contributed by atoms with Crippen LogP contribution in [0.2, 0.25) is 0 Å². The molecule has 0 saturated carbocycles. The van der Waals surface area contributed by atoms with E-state index in [-0.39, 0.29) is 5.75 Å². The van der Waals surface area contributed by atoms with Gasteiger partial charge in [-0.05, 0) is 6.07 Å². The summed E-state index contributed by atoms with van der Waals surface area (Å²) in [5.41, 5.74) is 2.34. The van der Waals surface area contributed by atoms with Crippen LogP contribution in [-0.2, 0) is 5.75 Å². The Balaban J connectivity index is 2.04. The molecule has 0 unspecified atom stereocenters. The summed E-state index contributed by atoms with van der Waals surface area (Å²) in [4.78, 5) is 0. The van der Waals surface area contributed by atoms with Gasteiger partial charge in [-0.3, -0.25) is 0 Å². The van der Waals surface area contributed by atoms with Gasteiger partial charge in [-0.15, -0.1) is 10.2 Å². The molecular weight excluding hydrogens is 266 g/mol. The molecule has 1 heterocycles. The minimum Gasteiger partial charge on any atom is -0.435 e. The number of thioether (sulfide) groups is 1. The van der Waals surface area contributed by atoms with E-state index in [1.807, 2.05) is 0 Å². The van der Waals surface area contributed by atoms with Crippen molar-refractivity contribution in [3.05, 3.63) is 35.3 Å². The molecule has 90 valence electrons. The van der Waals surface area contributed by atoms with E-state index in [4.69, 9.17) is 0 Å². The highest BCUT2D eigenvalue weighted by Gasteiger charge is 2.09. The van der Waals surface area contributed by atoms with Crippen molar-refractivity contribution >= 4 is 23.1 Å². The number of alkyl halides is 2. The van der Waals surface area contributed by atoms with Crippen molar-refractivity contribution < 1.29 is 13.5 Å². The predicted molar refractivity (Wildman–Crippen MR) is 62.5 cm³/mol. The van der Waals surface area contributed by atoms with Crippen molar-refractivity contribution in [3.8, 4) is 5.75 Å². The Morgan fingerprint density at radius 2 is 2.18 bits per heavy atom. The number of ether oxygens (including phenoxy) is 1. The lowest BCUT2D eigenvalue weighted by molar-refractivity contribution is -0.0503. The van der Waals surface area contributed by atoms with E-state index in [9.17, 15) is 8.78 Å². The van der Waals surface area contributed by atoms with Crippen LogP contribution in [0.15, 0.2) is 34.1 Å². The van der Waals surface area contributed by atoms with Gasteiger partial charge in [-0.1, -0.05) is 41.3 Å². The number of aromatic nitrogens is 2. The van der Waals surface area contributed by atoms with Gasteiger partial charge in [0.05, 0.1) is 0 Å². The van der Waals surface area contributed by atoms with Crippen LogP contribution in [0.5, 0.6) is 5.75 Å². The van der Waals surface area contributed by atoms with Crippen LogP contribution < -0.4 is 4.74 Å². The van der Waals surface area contributed by atoms with Crippen molar-refractivity contribution in [1.82, 2.24) is 10.2 Å². The Hall–Kier alpha value is -1.21. The van der Waals surface area contributed by atoms with Gasteiger partial charge in [0.25, 0.3) is 0 Å². The molecule has 0 aliphatic rings. The average molecular weight is 274 g/mol. The SMILES string of the molecule is FC(F)Oc1ccccc1CSc1nncs1. The minimum atomic E-state index is -2.80. The largest absolute Gasteiger partial charge is 0.435 e. The highest BCUT2D eigenvalue weighted by atomic mass is 32.2. The fourth-order valence-electron chi connectivity index (χ4n) is 1.20. The fraction of sp³-hybridized carbons (Fsp3) is 0.200. The molecule has 0 aliphatic heterocycles. The van der Waals surface area contributed by atoms with Crippen molar-refractivity contribution in [1.29, 1.82) is 0 Å². The maximum Gasteiger partial charge on any atom is 0.387 e. The first kappa shape index (κ1) is 12.3. The third-order valence-electron chi connectivity index (χ3n) is 1.88.